The molecule has 118 valence electrons. The van der Waals surface area contributed by atoms with E-state index in [1.54, 1.807) is 0 Å². The molecule has 0 radical (unpaired) electrons. The van der Waals surface area contributed by atoms with E-state index < -0.39 is 0 Å². The van der Waals surface area contributed by atoms with Crippen molar-refractivity contribution in [2.24, 2.45) is 11.8 Å². The molecule has 2 amide bonds. The SMILES string of the molecule is CC(C)COC[C@@H](C)NC(=O)N[C@H](C)C1CCOCC1. The lowest BCUT2D eigenvalue weighted by Gasteiger charge is -2.28. The van der Waals surface area contributed by atoms with Crippen LogP contribution in [0, 0.1) is 11.8 Å². The van der Waals surface area contributed by atoms with Crippen molar-refractivity contribution in [3.8, 4) is 0 Å². The van der Waals surface area contributed by atoms with Crippen LogP contribution in [-0.2, 0) is 9.47 Å². The lowest BCUT2D eigenvalue weighted by Crippen LogP contribution is -2.48. The molecule has 1 aliphatic rings. The second-order valence-electron chi connectivity index (χ2n) is 6.19. The van der Waals surface area contributed by atoms with Crippen LogP contribution < -0.4 is 10.6 Å². The van der Waals surface area contributed by atoms with Gasteiger partial charge in [0.2, 0.25) is 0 Å². The molecule has 1 fully saturated rings. The monoisotopic (exact) mass is 286 g/mol. The van der Waals surface area contributed by atoms with Crippen molar-refractivity contribution < 1.29 is 14.3 Å². The molecule has 2 atom stereocenters. The van der Waals surface area contributed by atoms with Crippen LogP contribution in [0.3, 0.4) is 0 Å². The molecule has 0 bridgehead atoms. The van der Waals surface area contributed by atoms with Gasteiger partial charge in [0.15, 0.2) is 0 Å². The summed E-state index contributed by atoms with van der Waals surface area (Å²) in [4.78, 5) is 11.9. The maximum atomic E-state index is 11.9. The maximum absolute atomic E-state index is 11.9. The van der Waals surface area contributed by atoms with Crippen molar-refractivity contribution in [1.29, 1.82) is 0 Å². The molecule has 1 rings (SSSR count). The van der Waals surface area contributed by atoms with Crippen molar-refractivity contribution in [3.63, 3.8) is 0 Å². The van der Waals surface area contributed by atoms with Gasteiger partial charge in [0.25, 0.3) is 0 Å². The molecular formula is C15H30N2O3. The standard InChI is InChI=1S/C15H30N2O3/c1-11(2)9-20-10-12(3)16-15(18)17-13(4)14-5-7-19-8-6-14/h11-14H,5-10H2,1-4H3,(H2,16,17,18)/t12-,13-/m1/s1. The number of nitrogens with one attached hydrogen (secondary N) is 2. The number of carbonyl (C=O) groups is 1. The van der Waals surface area contributed by atoms with Crippen molar-refractivity contribution in [2.45, 2.75) is 52.6 Å². The first-order valence-electron chi connectivity index (χ1n) is 7.71. The van der Waals surface area contributed by atoms with Gasteiger partial charge in [-0.25, -0.2) is 4.79 Å². The van der Waals surface area contributed by atoms with Gasteiger partial charge >= 0.3 is 6.03 Å². The van der Waals surface area contributed by atoms with Crippen LogP contribution in [0.15, 0.2) is 0 Å². The largest absolute Gasteiger partial charge is 0.381 e. The normalized spacial score (nSPS) is 19.6. The fourth-order valence-corrected chi connectivity index (χ4v) is 2.33. The molecule has 2 N–H and O–H groups in total. The smallest absolute Gasteiger partial charge is 0.315 e. The molecule has 0 aromatic rings. The molecule has 1 saturated heterocycles. The lowest BCUT2D eigenvalue weighted by molar-refractivity contribution is 0.0568. The highest BCUT2D eigenvalue weighted by Gasteiger charge is 2.22. The number of hydrogen-bond donors (Lipinski definition) is 2. The van der Waals surface area contributed by atoms with Crippen LogP contribution >= 0.6 is 0 Å². The Bertz CT molecular complexity index is 278. The first kappa shape index (κ1) is 17.2. The maximum Gasteiger partial charge on any atom is 0.315 e. The third kappa shape index (κ3) is 7.10. The molecule has 0 aromatic heterocycles. The van der Waals surface area contributed by atoms with Gasteiger partial charge in [-0.1, -0.05) is 13.8 Å². The van der Waals surface area contributed by atoms with E-state index in [-0.39, 0.29) is 18.1 Å². The minimum Gasteiger partial charge on any atom is -0.381 e. The number of amides is 2. The Morgan fingerprint density at radius 2 is 1.80 bits per heavy atom. The average molecular weight is 286 g/mol. The van der Waals surface area contributed by atoms with Crippen molar-refractivity contribution in [2.75, 3.05) is 26.4 Å². The summed E-state index contributed by atoms with van der Waals surface area (Å²) >= 11 is 0. The van der Waals surface area contributed by atoms with Gasteiger partial charge in [0.05, 0.1) is 12.6 Å². The number of hydrogen-bond acceptors (Lipinski definition) is 3. The second-order valence-corrected chi connectivity index (χ2v) is 6.19. The molecule has 20 heavy (non-hydrogen) atoms. The molecule has 5 nitrogen and oxygen atoms in total. The van der Waals surface area contributed by atoms with E-state index in [1.807, 2.05) is 6.92 Å². The Kier molecular flexibility index (Phi) is 7.92. The summed E-state index contributed by atoms with van der Waals surface area (Å²) in [6.07, 6.45) is 2.04. The molecule has 0 spiro atoms. The van der Waals surface area contributed by atoms with Gasteiger partial charge in [-0.2, -0.15) is 0 Å². The Labute approximate surface area is 122 Å². The van der Waals surface area contributed by atoms with E-state index in [1.165, 1.54) is 0 Å². The zero-order valence-corrected chi connectivity index (χ0v) is 13.3. The summed E-state index contributed by atoms with van der Waals surface area (Å²) in [5.41, 5.74) is 0. The average Bonchev–Trinajstić information content (AvgIpc) is 2.38. The van der Waals surface area contributed by atoms with Crippen molar-refractivity contribution in [1.82, 2.24) is 10.6 Å². The van der Waals surface area contributed by atoms with Gasteiger partial charge < -0.3 is 20.1 Å². The molecule has 0 unspecified atom stereocenters. The van der Waals surface area contributed by atoms with E-state index in [9.17, 15) is 4.79 Å². The topological polar surface area (TPSA) is 59.6 Å². The van der Waals surface area contributed by atoms with Crippen LogP contribution in [-0.4, -0.2) is 44.5 Å². The van der Waals surface area contributed by atoms with Gasteiger partial charge in [0.1, 0.15) is 0 Å². The lowest BCUT2D eigenvalue weighted by atomic mass is 9.93. The molecule has 0 aromatic carbocycles. The Hall–Kier alpha value is -0.810. The summed E-state index contributed by atoms with van der Waals surface area (Å²) < 4.78 is 10.9. The zero-order chi connectivity index (χ0) is 15.0. The summed E-state index contributed by atoms with van der Waals surface area (Å²) in [5.74, 6) is 1.03. The summed E-state index contributed by atoms with van der Waals surface area (Å²) in [6.45, 7) is 11.1. The molecule has 0 aliphatic carbocycles. The Morgan fingerprint density at radius 1 is 1.15 bits per heavy atom. The van der Waals surface area contributed by atoms with E-state index in [0.29, 0.717) is 18.4 Å². The van der Waals surface area contributed by atoms with Gasteiger partial charge in [-0.15, -0.1) is 0 Å². The number of carbonyl (C=O) groups excluding carboxylic acids is 1. The Morgan fingerprint density at radius 3 is 2.40 bits per heavy atom. The van der Waals surface area contributed by atoms with Crippen LogP contribution in [0.2, 0.25) is 0 Å². The molecular weight excluding hydrogens is 256 g/mol. The zero-order valence-electron chi connectivity index (χ0n) is 13.3. The van der Waals surface area contributed by atoms with Crippen LogP contribution in [0.4, 0.5) is 4.79 Å². The molecule has 1 heterocycles. The fraction of sp³-hybridized carbons (Fsp3) is 0.933. The predicted octanol–water partition coefficient (Wildman–Crippen LogP) is 2.16. The van der Waals surface area contributed by atoms with Crippen LogP contribution in [0.25, 0.3) is 0 Å². The van der Waals surface area contributed by atoms with E-state index >= 15 is 0 Å². The van der Waals surface area contributed by atoms with Gasteiger partial charge in [-0.05, 0) is 38.5 Å². The first-order valence-corrected chi connectivity index (χ1v) is 7.71. The molecule has 5 heteroatoms. The molecule has 0 saturated carbocycles. The highest BCUT2D eigenvalue weighted by Crippen LogP contribution is 2.18. The minimum absolute atomic E-state index is 0.0237. The quantitative estimate of drug-likeness (QED) is 0.754. The van der Waals surface area contributed by atoms with Crippen molar-refractivity contribution >= 4 is 6.03 Å². The summed E-state index contributed by atoms with van der Waals surface area (Å²) in [5, 5.41) is 5.94. The van der Waals surface area contributed by atoms with Gasteiger partial charge in [-0.3, -0.25) is 0 Å². The highest BCUT2D eigenvalue weighted by atomic mass is 16.5. The van der Waals surface area contributed by atoms with E-state index in [0.717, 1.165) is 32.7 Å². The summed E-state index contributed by atoms with van der Waals surface area (Å²) in [7, 11) is 0. The van der Waals surface area contributed by atoms with E-state index in [2.05, 4.69) is 31.4 Å². The van der Waals surface area contributed by atoms with Crippen molar-refractivity contribution in [3.05, 3.63) is 0 Å². The van der Waals surface area contributed by atoms with Gasteiger partial charge in [0, 0.05) is 25.9 Å². The number of ether oxygens (including phenoxy) is 2. The highest BCUT2D eigenvalue weighted by molar-refractivity contribution is 5.74. The first-order chi connectivity index (χ1) is 9.49. The van der Waals surface area contributed by atoms with Crippen LogP contribution in [0.5, 0.6) is 0 Å². The second kappa shape index (κ2) is 9.19. The fourth-order valence-electron chi connectivity index (χ4n) is 2.33. The third-order valence-electron chi connectivity index (χ3n) is 3.53. The Balaban J connectivity index is 2.17. The number of rotatable bonds is 7. The van der Waals surface area contributed by atoms with Crippen LogP contribution in [0.1, 0.15) is 40.5 Å². The third-order valence-corrected chi connectivity index (χ3v) is 3.53. The molecule has 1 aliphatic heterocycles. The van der Waals surface area contributed by atoms with E-state index in [4.69, 9.17) is 9.47 Å². The minimum atomic E-state index is -0.107. The summed E-state index contributed by atoms with van der Waals surface area (Å²) in [6, 6.07) is 0.1000. The predicted molar refractivity (Wildman–Crippen MR) is 79.8 cm³/mol. The number of urea groups is 1.